The van der Waals surface area contributed by atoms with Crippen LogP contribution in [-0.2, 0) is 13.1 Å². The summed E-state index contributed by atoms with van der Waals surface area (Å²) in [6, 6.07) is 14.7. The van der Waals surface area contributed by atoms with Gasteiger partial charge in [0.05, 0.1) is 18.4 Å². The lowest BCUT2D eigenvalue weighted by molar-refractivity contribution is 0.196. The van der Waals surface area contributed by atoms with Gasteiger partial charge in [-0.25, -0.2) is 4.98 Å². The number of rotatable bonds is 6. The van der Waals surface area contributed by atoms with Crippen molar-refractivity contribution in [3.05, 3.63) is 72.0 Å². The molecule has 0 bridgehead atoms. The Balaban J connectivity index is 1.23. The van der Waals surface area contributed by atoms with E-state index in [0.717, 1.165) is 55.5 Å². The molecule has 0 aliphatic carbocycles. The number of hydrogen-bond acceptors (Lipinski definition) is 5. The number of piperidine rings is 1. The molecule has 3 heterocycles. The van der Waals surface area contributed by atoms with Crippen LogP contribution in [0.25, 0.3) is 11.3 Å². The molecule has 0 atom stereocenters. The molecule has 4 rings (SSSR count). The number of benzene rings is 1. The number of oxazole rings is 1. The minimum Gasteiger partial charge on any atom is -0.439 e. The predicted molar refractivity (Wildman–Crippen MR) is 123 cm³/mol. The van der Waals surface area contributed by atoms with Crippen LogP contribution in [0, 0.1) is 6.92 Å². The molecule has 2 N–H and O–H groups in total. The Morgan fingerprint density at radius 1 is 1.13 bits per heavy atom. The van der Waals surface area contributed by atoms with E-state index in [-0.39, 0.29) is 0 Å². The molecule has 1 aromatic carbocycles. The summed E-state index contributed by atoms with van der Waals surface area (Å²) in [6.45, 7) is 5.57. The van der Waals surface area contributed by atoms with Gasteiger partial charge in [-0.1, -0.05) is 35.9 Å². The maximum atomic E-state index is 5.90. The molecule has 0 unspecified atom stereocenters. The maximum Gasteiger partial charge on any atom is 0.214 e. The SMILES string of the molecule is CN=C(NCc1ncc(-c2ccc(C)cc2)o1)NC1CCN(Cc2ccccn2)CC1. The van der Waals surface area contributed by atoms with Crippen molar-refractivity contribution in [1.29, 1.82) is 0 Å². The number of aromatic nitrogens is 2. The van der Waals surface area contributed by atoms with Crippen LogP contribution in [0.2, 0.25) is 0 Å². The molecular weight excluding hydrogens is 388 g/mol. The van der Waals surface area contributed by atoms with Crippen LogP contribution in [0.4, 0.5) is 0 Å². The molecular formula is C24H30N6O. The van der Waals surface area contributed by atoms with Gasteiger partial charge < -0.3 is 15.1 Å². The quantitative estimate of drug-likeness (QED) is 0.472. The van der Waals surface area contributed by atoms with Crippen molar-refractivity contribution in [2.45, 2.75) is 38.9 Å². The van der Waals surface area contributed by atoms with Crippen molar-refractivity contribution in [3.63, 3.8) is 0 Å². The number of pyridine rings is 1. The first-order valence-corrected chi connectivity index (χ1v) is 10.8. The van der Waals surface area contributed by atoms with Gasteiger partial charge in [0.1, 0.15) is 0 Å². The molecule has 7 nitrogen and oxygen atoms in total. The van der Waals surface area contributed by atoms with Crippen LogP contribution >= 0.6 is 0 Å². The molecule has 1 aliphatic heterocycles. The second kappa shape index (κ2) is 10.2. The summed E-state index contributed by atoms with van der Waals surface area (Å²) in [5.41, 5.74) is 3.38. The molecule has 0 saturated carbocycles. The third-order valence-electron chi connectivity index (χ3n) is 5.56. The summed E-state index contributed by atoms with van der Waals surface area (Å²) in [7, 11) is 1.79. The first kappa shape index (κ1) is 21.1. The Morgan fingerprint density at radius 2 is 1.94 bits per heavy atom. The number of nitrogens with one attached hydrogen (secondary N) is 2. The third kappa shape index (κ3) is 5.92. The fourth-order valence-corrected chi connectivity index (χ4v) is 3.75. The van der Waals surface area contributed by atoms with E-state index in [4.69, 9.17) is 4.42 Å². The molecule has 3 aromatic rings. The number of likely N-dealkylation sites (tertiary alicyclic amines) is 1. The first-order chi connectivity index (χ1) is 15.2. The lowest BCUT2D eigenvalue weighted by atomic mass is 10.1. The van der Waals surface area contributed by atoms with Gasteiger partial charge >= 0.3 is 0 Å². The lowest BCUT2D eigenvalue weighted by Gasteiger charge is -2.32. The third-order valence-corrected chi connectivity index (χ3v) is 5.56. The van der Waals surface area contributed by atoms with Gasteiger partial charge in [-0.05, 0) is 31.9 Å². The minimum absolute atomic E-state index is 0.402. The molecule has 31 heavy (non-hydrogen) atoms. The Morgan fingerprint density at radius 3 is 2.65 bits per heavy atom. The van der Waals surface area contributed by atoms with Crippen molar-refractivity contribution < 1.29 is 4.42 Å². The van der Waals surface area contributed by atoms with Crippen LogP contribution in [0.5, 0.6) is 0 Å². The van der Waals surface area contributed by atoms with Crippen LogP contribution in [0.1, 0.15) is 30.0 Å². The largest absolute Gasteiger partial charge is 0.439 e. The zero-order valence-electron chi connectivity index (χ0n) is 18.2. The number of nitrogens with zero attached hydrogens (tertiary/aromatic N) is 4. The van der Waals surface area contributed by atoms with Gasteiger partial charge in [0.15, 0.2) is 11.7 Å². The van der Waals surface area contributed by atoms with Gasteiger partial charge in [0.25, 0.3) is 0 Å². The molecule has 1 saturated heterocycles. The van der Waals surface area contributed by atoms with Crippen LogP contribution in [-0.4, -0.2) is 47.0 Å². The Kier molecular flexibility index (Phi) is 6.94. The zero-order chi connectivity index (χ0) is 21.5. The highest BCUT2D eigenvalue weighted by Crippen LogP contribution is 2.20. The van der Waals surface area contributed by atoms with E-state index in [1.54, 1.807) is 13.2 Å². The Labute approximate surface area is 183 Å². The van der Waals surface area contributed by atoms with E-state index in [0.29, 0.717) is 18.5 Å². The van der Waals surface area contributed by atoms with E-state index in [1.807, 2.05) is 30.5 Å². The van der Waals surface area contributed by atoms with E-state index in [1.165, 1.54) is 5.56 Å². The Bertz CT molecular complexity index is 975. The minimum atomic E-state index is 0.402. The number of aryl methyl sites for hydroxylation is 1. The average molecular weight is 419 g/mol. The number of guanidine groups is 1. The Hall–Kier alpha value is -3.19. The van der Waals surface area contributed by atoms with Gasteiger partial charge in [-0.3, -0.25) is 14.9 Å². The van der Waals surface area contributed by atoms with Crippen molar-refractivity contribution in [3.8, 4) is 11.3 Å². The van der Waals surface area contributed by atoms with Gasteiger partial charge in [0.2, 0.25) is 5.89 Å². The van der Waals surface area contributed by atoms with Crippen LogP contribution in [0.3, 0.4) is 0 Å². The molecule has 1 aliphatic rings. The predicted octanol–water partition coefficient (Wildman–Crippen LogP) is 3.37. The van der Waals surface area contributed by atoms with E-state index >= 15 is 0 Å². The second-order valence-electron chi connectivity index (χ2n) is 7.93. The molecule has 0 spiro atoms. The van der Waals surface area contributed by atoms with Crippen molar-refractivity contribution >= 4 is 5.96 Å². The molecule has 1 fully saturated rings. The zero-order valence-corrected chi connectivity index (χ0v) is 18.2. The summed E-state index contributed by atoms with van der Waals surface area (Å²) in [4.78, 5) is 15.6. The normalized spacial score (nSPS) is 15.7. The number of aliphatic imine (C=N–C) groups is 1. The van der Waals surface area contributed by atoms with Crippen LogP contribution in [0.15, 0.2) is 64.3 Å². The highest BCUT2D eigenvalue weighted by molar-refractivity contribution is 5.79. The van der Waals surface area contributed by atoms with E-state index in [9.17, 15) is 0 Å². The summed E-state index contributed by atoms with van der Waals surface area (Å²) < 4.78 is 5.90. The first-order valence-electron chi connectivity index (χ1n) is 10.8. The van der Waals surface area contributed by atoms with E-state index < -0.39 is 0 Å². The summed E-state index contributed by atoms with van der Waals surface area (Å²) in [5.74, 6) is 2.20. The fourth-order valence-electron chi connectivity index (χ4n) is 3.75. The summed E-state index contributed by atoms with van der Waals surface area (Å²) in [6.07, 6.45) is 5.78. The molecule has 0 radical (unpaired) electrons. The van der Waals surface area contributed by atoms with E-state index in [2.05, 4.69) is 55.6 Å². The lowest BCUT2D eigenvalue weighted by Crippen LogP contribution is -2.48. The standard InChI is InChI=1S/C24H30N6O/c1-18-6-8-19(9-7-18)22-15-27-23(31-22)16-28-24(25-2)29-20-10-13-30(14-11-20)17-21-5-3-4-12-26-21/h3-9,12,15,20H,10-11,13-14,16-17H2,1-2H3,(H2,25,28,29). The highest BCUT2D eigenvalue weighted by Gasteiger charge is 2.20. The second-order valence-corrected chi connectivity index (χ2v) is 7.93. The van der Waals surface area contributed by atoms with Crippen LogP contribution < -0.4 is 10.6 Å². The van der Waals surface area contributed by atoms with Gasteiger partial charge in [-0.2, -0.15) is 0 Å². The van der Waals surface area contributed by atoms with Gasteiger partial charge in [-0.15, -0.1) is 0 Å². The van der Waals surface area contributed by atoms with Crippen molar-refractivity contribution in [2.24, 2.45) is 4.99 Å². The summed E-state index contributed by atoms with van der Waals surface area (Å²) in [5, 5.41) is 6.85. The molecule has 0 amide bonds. The molecule has 2 aromatic heterocycles. The van der Waals surface area contributed by atoms with Crippen molar-refractivity contribution in [2.75, 3.05) is 20.1 Å². The number of hydrogen-bond donors (Lipinski definition) is 2. The molecule has 7 heteroatoms. The van der Waals surface area contributed by atoms with Gasteiger partial charge in [0, 0.05) is 44.5 Å². The van der Waals surface area contributed by atoms with Crippen molar-refractivity contribution in [1.82, 2.24) is 25.5 Å². The smallest absolute Gasteiger partial charge is 0.214 e. The monoisotopic (exact) mass is 418 g/mol. The molecule has 162 valence electrons. The highest BCUT2D eigenvalue weighted by atomic mass is 16.4. The fraction of sp³-hybridized carbons (Fsp3) is 0.375. The summed E-state index contributed by atoms with van der Waals surface area (Å²) >= 11 is 0. The average Bonchev–Trinajstić information content (AvgIpc) is 3.28. The topological polar surface area (TPSA) is 78.6 Å². The maximum absolute atomic E-state index is 5.90.